The van der Waals surface area contributed by atoms with Gasteiger partial charge in [-0.25, -0.2) is 4.39 Å². The van der Waals surface area contributed by atoms with E-state index in [9.17, 15) is 4.39 Å². The van der Waals surface area contributed by atoms with Crippen molar-refractivity contribution >= 4 is 5.69 Å². The lowest BCUT2D eigenvalue weighted by Crippen LogP contribution is -2.27. The van der Waals surface area contributed by atoms with Crippen LogP contribution in [0.3, 0.4) is 0 Å². The molecule has 2 atom stereocenters. The molecule has 18 heavy (non-hydrogen) atoms. The second-order valence-electron chi connectivity index (χ2n) is 4.76. The molecule has 0 bridgehead atoms. The Balaban J connectivity index is 1.91. The number of hydrogen-bond acceptors (Lipinski definition) is 3. The van der Waals surface area contributed by atoms with E-state index in [1.807, 2.05) is 0 Å². The van der Waals surface area contributed by atoms with Crippen molar-refractivity contribution in [3.63, 3.8) is 0 Å². The molecule has 0 amide bonds. The average Bonchev–Trinajstić information content (AvgIpc) is 2.38. The highest BCUT2D eigenvalue weighted by atomic mass is 19.1. The van der Waals surface area contributed by atoms with Gasteiger partial charge in [-0.05, 0) is 37.8 Å². The van der Waals surface area contributed by atoms with Crippen LogP contribution in [0.4, 0.5) is 10.1 Å². The summed E-state index contributed by atoms with van der Waals surface area (Å²) >= 11 is 0. The van der Waals surface area contributed by atoms with E-state index < -0.39 is 0 Å². The largest absolute Gasteiger partial charge is 0.398 e. The van der Waals surface area contributed by atoms with Crippen molar-refractivity contribution in [2.24, 2.45) is 0 Å². The molecule has 100 valence electrons. The van der Waals surface area contributed by atoms with Gasteiger partial charge < -0.3 is 15.2 Å². The second kappa shape index (κ2) is 6.16. The Bertz CT molecular complexity index is 377. The first kappa shape index (κ1) is 13.3. The SMILES string of the molecule is COC1CCCC(OCc2c(N)cccc2F)C1. The standard InChI is InChI=1S/C14H20FNO2/c1-17-10-4-2-5-11(8-10)18-9-12-13(15)6-3-7-14(12)16/h3,6-7,10-11H,2,4-5,8-9,16H2,1H3. The second-order valence-corrected chi connectivity index (χ2v) is 4.76. The topological polar surface area (TPSA) is 44.5 Å². The number of nitrogen functional groups attached to an aromatic ring is 1. The van der Waals surface area contributed by atoms with Crippen LogP contribution >= 0.6 is 0 Å². The molecule has 0 spiro atoms. The molecule has 2 rings (SSSR count). The van der Waals surface area contributed by atoms with Gasteiger partial charge >= 0.3 is 0 Å². The minimum atomic E-state index is -0.297. The fourth-order valence-corrected chi connectivity index (χ4v) is 2.40. The highest BCUT2D eigenvalue weighted by molar-refractivity contribution is 5.46. The fraction of sp³-hybridized carbons (Fsp3) is 0.571. The van der Waals surface area contributed by atoms with Crippen LogP contribution in [-0.2, 0) is 16.1 Å². The zero-order valence-corrected chi connectivity index (χ0v) is 10.7. The molecule has 0 saturated heterocycles. The van der Waals surface area contributed by atoms with Crippen molar-refractivity contribution in [3.8, 4) is 0 Å². The summed E-state index contributed by atoms with van der Waals surface area (Å²) in [6.07, 6.45) is 4.47. The first-order valence-corrected chi connectivity index (χ1v) is 6.38. The summed E-state index contributed by atoms with van der Waals surface area (Å²) in [5, 5.41) is 0. The van der Waals surface area contributed by atoms with Gasteiger partial charge in [0.05, 0.1) is 18.8 Å². The van der Waals surface area contributed by atoms with E-state index in [4.69, 9.17) is 15.2 Å². The van der Waals surface area contributed by atoms with Crippen LogP contribution < -0.4 is 5.73 Å². The molecule has 1 aromatic rings. The normalized spacial score (nSPS) is 24.1. The highest BCUT2D eigenvalue weighted by Gasteiger charge is 2.22. The zero-order valence-electron chi connectivity index (χ0n) is 10.7. The van der Waals surface area contributed by atoms with Crippen LogP contribution in [0.2, 0.25) is 0 Å². The number of ether oxygens (including phenoxy) is 2. The number of hydrogen-bond donors (Lipinski definition) is 1. The van der Waals surface area contributed by atoms with Crippen molar-refractivity contribution in [3.05, 3.63) is 29.6 Å². The van der Waals surface area contributed by atoms with E-state index in [0.717, 1.165) is 25.7 Å². The minimum Gasteiger partial charge on any atom is -0.398 e. The number of methoxy groups -OCH3 is 1. The molecule has 3 nitrogen and oxygen atoms in total. The molecular formula is C14H20FNO2. The Morgan fingerprint density at radius 2 is 2.11 bits per heavy atom. The van der Waals surface area contributed by atoms with Gasteiger partial charge in [-0.2, -0.15) is 0 Å². The molecule has 2 N–H and O–H groups in total. The summed E-state index contributed by atoms with van der Waals surface area (Å²) in [7, 11) is 1.72. The van der Waals surface area contributed by atoms with Gasteiger partial charge in [-0.15, -0.1) is 0 Å². The molecule has 0 aromatic heterocycles. The molecule has 0 radical (unpaired) electrons. The maximum absolute atomic E-state index is 13.6. The highest BCUT2D eigenvalue weighted by Crippen LogP contribution is 2.25. The molecular weight excluding hydrogens is 233 g/mol. The lowest BCUT2D eigenvalue weighted by atomic mass is 9.95. The van der Waals surface area contributed by atoms with E-state index in [2.05, 4.69) is 0 Å². The van der Waals surface area contributed by atoms with Crippen LogP contribution in [0.5, 0.6) is 0 Å². The van der Waals surface area contributed by atoms with E-state index in [1.165, 1.54) is 6.07 Å². The molecule has 1 aliphatic rings. The number of halogens is 1. The summed E-state index contributed by atoms with van der Waals surface area (Å²) in [5.41, 5.74) is 6.65. The number of benzene rings is 1. The first-order chi connectivity index (χ1) is 8.70. The summed E-state index contributed by atoms with van der Waals surface area (Å²) in [6.45, 7) is 0.236. The molecule has 2 unspecified atom stereocenters. The summed E-state index contributed by atoms with van der Waals surface area (Å²) in [4.78, 5) is 0. The van der Waals surface area contributed by atoms with Crippen LogP contribution in [0.1, 0.15) is 31.2 Å². The third-order valence-electron chi connectivity index (χ3n) is 3.53. The first-order valence-electron chi connectivity index (χ1n) is 6.38. The third-order valence-corrected chi connectivity index (χ3v) is 3.53. The average molecular weight is 253 g/mol. The number of anilines is 1. The van der Waals surface area contributed by atoms with Crippen LogP contribution in [0.25, 0.3) is 0 Å². The van der Waals surface area contributed by atoms with E-state index in [0.29, 0.717) is 11.3 Å². The molecule has 1 aliphatic carbocycles. The zero-order chi connectivity index (χ0) is 13.0. The van der Waals surface area contributed by atoms with Gasteiger partial charge in [0, 0.05) is 18.4 Å². The minimum absolute atomic E-state index is 0.141. The summed E-state index contributed by atoms with van der Waals surface area (Å²) in [5.74, 6) is -0.297. The molecule has 1 aromatic carbocycles. The predicted octanol–water partition coefficient (Wildman–Crippen LogP) is 2.88. The summed E-state index contributed by atoms with van der Waals surface area (Å²) in [6, 6.07) is 4.71. The monoisotopic (exact) mass is 253 g/mol. The fourth-order valence-electron chi connectivity index (χ4n) is 2.40. The quantitative estimate of drug-likeness (QED) is 0.839. The van der Waals surface area contributed by atoms with Gasteiger partial charge in [0.2, 0.25) is 0 Å². The van der Waals surface area contributed by atoms with Crippen molar-refractivity contribution in [2.75, 3.05) is 12.8 Å². The Morgan fingerprint density at radius 1 is 1.33 bits per heavy atom. The van der Waals surface area contributed by atoms with E-state index in [1.54, 1.807) is 19.2 Å². The third kappa shape index (κ3) is 3.21. The maximum atomic E-state index is 13.6. The van der Waals surface area contributed by atoms with Gasteiger partial charge in [0.25, 0.3) is 0 Å². The molecule has 1 fully saturated rings. The Labute approximate surface area is 107 Å². The lowest BCUT2D eigenvalue weighted by Gasteiger charge is -2.28. The van der Waals surface area contributed by atoms with E-state index in [-0.39, 0.29) is 24.6 Å². The lowest BCUT2D eigenvalue weighted by molar-refractivity contribution is -0.0368. The molecule has 1 saturated carbocycles. The smallest absolute Gasteiger partial charge is 0.130 e. The molecule has 4 heteroatoms. The van der Waals surface area contributed by atoms with Crippen LogP contribution in [-0.4, -0.2) is 19.3 Å². The van der Waals surface area contributed by atoms with Gasteiger partial charge in [0.1, 0.15) is 5.82 Å². The van der Waals surface area contributed by atoms with Crippen molar-refractivity contribution in [2.45, 2.75) is 44.5 Å². The van der Waals surface area contributed by atoms with Crippen molar-refractivity contribution in [1.82, 2.24) is 0 Å². The Morgan fingerprint density at radius 3 is 2.83 bits per heavy atom. The predicted molar refractivity (Wildman–Crippen MR) is 68.7 cm³/mol. The number of rotatable bonds is 4. The molecule has 0 heterocycles. The molecule has 0 aliphatic heterocycles. The van der Waals surface area contributed by atoms with Gasteiger partial charge in [0.15, 0.2) is 0 Å². The maximum Gasteiger partial charge on any atom is 0.130 e. The summed E-state index contributed by atoms with van der Waals surface area (Å²) < 4.78 is 24.7. The Hall–Kier alpha value is -1.13. The van der Waals surface area contributed by atoms with E-state index >= 15 is 0 Å². The van der Waals surface area contributed by atoms with Crippen molar-refractivity contribution < 1.29 is 13.9 Å². The Kier molecular flexibility index (Phi) is 4.55. The van der Waals surface area contributed by atoms with Crippen molar-refractivity contribution in [1.29, 1.82) is 0 Å². The van der Waals surface area contributed by atoms with Crippen LogP contribution in [0.15, 0.2) is 18.2 Å². The van der Waals surface area contributed by atoms with Gasteiger partial charge in [-0.3, -0.25) is 0 Å². The van der Waals surface area contributed by atoms with Crippen LogP contribution in [0, 0.1) is 5.82 Å². The number of nitrogens with two attached hydrogens (primary N) is 1. The van der Waals surface area contributed by atoms with Gasteiger partial charge in [-0.1, -0.05) is 6.07 Å².